The second-order valence-electron chi connectivity index (χ2n) is 5.38. The number of piperidine rings is 1. The molecule has 2 rings (SSSR count). The van der Waals surface area contributed by atoms with E-state index < -0.39 is 0 Å². The quantitative estimate of drug-likeness (QED) is 0.834. The van der Waals surface area contributed by atoms with Gasteiger partial charge in [-0.3, -0.25) is 4.79 Å². The van der Waals surface area contributed by atoms with E-state index in [2.05, 4.69) is 22.5 Å². The first-order valence-corrected chi connectivity index (χ1v) is 6.48. The fourth-order valence-corrected chi connectivity index (χ4v) is 2.29. The number of pyridine rings is 1. The molecule has 1 aromatic heterocycles. The Balaban J connectivity index is 2.14. The van der Waals surface area contributed by atoms with Crippen LogP contribution in [-0.2, 0) is 0 Å². The third-order valence-corrected chi connectivity index (χ3v) is 3.57. The summed E-state index contributed by atoms with van der Waals surface area (Å²) in [5, 5.41) is 6.44. The lowest BCUT2D eigenvalue weighted by molar-refractivity contribution is 0.0881. The minimum Gasteiger partial charge on any atom is -0.345 e. The van der Waals surface area contributed by atoms with E-state index in [1.54, 1.807) is 0 Å². The van der Waals surface area contributed by atoms with Gasteiger partial charge in [-0.15, -0.1) is 0 Å². The SMILES string of the molecule is Cc1ccc(C)c(C(=O)NC2(C)CCNCC2)n1. The Hall–Kier alpha value is -1.42. The van der Waals surface area contributed by atoms with Crippen molar-refractivity contribution in [3.8, 4) is 0 Å². The highest BCUT2D eigenvalue weighted by Gasteiger charge is 2.29. The molecule has 0 aromatic carbocycles. The molecule has 0 aliphatic carbocycles. The summed E-state index contributed by atoms with van der Waals surface area (Å²) in [4.78, 5) is 16.6. The summed E-state index contributed by atoms with van der Waals surface area (Å²) in [6.07, 6.45) is 1.92. The molecule has 0 unspecified atom stereocenters. The van der Waals surface area contributed by atoms with E-state index in [1.165, 1.54) is 0 Å². The Morgan fingerprint density at radius 3 is 2.67 bits per heavy atom. The molecule has 4 nitrogen and oxygen atoms in total. The first-order chi connectivity index (χ1) is 8.50. The van der Waals surface area contributed by atoms with Crippen LogP contribution in [0.25, 0.3) is 0 Å². The molecule has 4 heteroatoms. The predicted octanol–water partition coefficient (Wildman–Crippen LogP) is 1.57. The number of amides is 1. The van der Waals surface area contributed by atoms with E-state index in [-0.39, 0.29) is 11.4 Å². The highest BCUT2D eigenvalue weighted by atomic mass is 16.2. The number of hydrogen-bond donors (Lipinski definition) is 2. The van der Waals surface area contributed by atoms with E-state index in [1.807, 2.05) is 26.0 Å². The lowest BCUT2D eigenvalue weighted by Crippen LogP contribution is -2.52. The predicted molar refractivity (Wildman–Crippen MR) is 71.7 cm³/mol. The first-order valence-electron chi connectivity index (χ1n) is 6.48. The van der Waals surface area contributed by atoms with E-state index >= 15 is 0 Å². The van der Waals surface area contributed by atoms with Gasteiger partial charge in [0.1, 0.15) is 5.69 Å². The summed E-state index contributed by atoms with van der Waals surface area (Å²) in [5.41, 5.74) is 2.24. The van der Waals surface area contributed by atoms with Crippen molar-refractivity contribution in [1.29, 1.82) is 0 Å². The van der Waals surface area contributed by atoms with Crippen molar-refractivity contribution in [2.24, 2.45) is 0 Å². The summed E-state index contributed by atoms with van der Waals surface area (Å²) in [6, 6.07) is 3.88. The number of hydrogen-bond acceptors (Lipinski definition) is 3. The Morgan fingerprint density at radius 2 is 2.00 bits per heavy atom. The molecule has 1 fully saturated rings. The van der Waals surface area contributed by atoms with Crippen LogP contribution in [0.1, 0.15) is 41.5 Å². The number of rotatable bonds is 2. The Labute approximate surface area is 108 Å². The molecule has 2 N–H and O–H groups in total. The van der Waals surface area contributed by atoms with Crippen LogP contribution >= 0.6 is 0 Å². The molecule has 0 spiro atoms. The third-order valence-electron chi connectivity index (χ3n) is 3.57. The molecular weight excluding hydrogens is 226 g/mol. The molecule has 1 amide bonds. The molecule has 1 saturated heterocycles. The minimum atomic E-state index is -0.111. The monoisotopic (exact) mass is 247 g/mol. The normalized spacial score (nSPS) is 18.4. The topological polar surface area (TPSA) is 54.0 Å². The first kappa shape index (κ1) is 13.0. The van der Waals surface area contributed by atoms with Crippen molar-refractivity contribution >= 4 is 5.91 Å². The lowest BCUT2D eigenvalue weighted by atomic mass is 9.90. The largest absolute Gasteiger partial charge is 0.345 e. The van der Waals surface area contributed by atoms with Crippen LogP contribution in [0.2, 0.25) is 0 Å². The number of aryl methyl sites for hydroxylation is 2. The molecule has 1 aliphatic heterocycles. The molecule has 0 bridgehead atoms. The molecule has 1 aliphatic rings. The van der Waals surface area contributed by atoms with E-state index in [9.17, 15) is 4.79 Å². The van der Waals surface area contributed by atoms with Crippen molar-refractivity contribution in [2.45, 2.75) is 39.2 Å². The number of aromatic nitrogens is 1. The smallest absolute Gasteiger partial charge is 0.270 e. The standard InChI is InChI=1S/C14H21N3O/c1-10-4-5-11(2)16-12(10)13(18)17-14(3)6-8-15-9-7-14/h4-5,15H,6-9H2,1-3H3,(H,17,18). The zero-order valence-electron chi connectivity index (χ0n) is 11.3. The molecule has 2 heterocycles. The van der Waals surface area contributed by atoms with Crippen molar-refractivity contribution in [3.63, 3.8) is 0 Å². The van der Waals surface area contributed by atoms with Crippen molar-refractivity contribution in [1.82, 2.24) is 15.6 Å². The molecule has 18 heavy (non-hydrogen) atoms. The fourth-order valence-electron chi connectivity index (χ4n) is 2.29. The van der Waals surface area contributed by atoms with E-state index in [4.69, 9.17) is 0 Å². The zero-order valence-corrected chi connectivity index (χ0v) is 11.3. The summed E-state index contributed by atoms with van der Waals surface area (Å²) >= 11 is 0. The molecule has 0 saturated carbocycles. The molecule has 0 atom stereocenters. The highest BCUT2D eigenvalue weighted by molar-refractivity contribution is 5.94. The van der Waals surface area contributed by atoms with Gasteiger partial charge in [0.05, 0.1) is 0 Å². The number of nitrogens with one attached hydrogen (secondary N) is 2. The van der Waals surface area contributed by atoms with Crippen molar-refractivity contribution in [3.05, 3.63) is 29.1 Å². The van der Waals surface area contributed by atoms with Crippen LogP contribution in [0.3, 0.4) is 0 Å². The molecule has 0 radical (unpaired) electrons. The average Bonchev–Trinajstić information content (AvgIpc) is 2.32. The van der Waals surface area contributed by atoms with Gasteiger partial charge in [-0.25, -0.2) is 4.98 Å². The summed E-state index contributed by atoms with van der Waals surface area (Å²) in [6.45, 7) is 7.85. The van der Waals surface area contributed by atoms with E-state index in [0.29, 0.717) is 5.69 Å². The van der Waals surface area contributed by atoms with Gasteiger partial charge in [-0.1, -0.05) is 6.07 Å². The minimum absolute atomic E-state index is 0.0550. The Bertz CT molecular complexity index is 450. The third kappa shape index (κ3) is 2.88. The van der Waals surface area contributed by atoms with E-state index in [0.717, 1.165) is 37.2 Å². The van der Waals surface area contributed by atoms with Gasteiger partial charge in [-0.2, -0.15) is 0 Å². The van der Waals surface area contributed by atoms with Gasteiger partial charge >= 0.3 is 0 Å². The Kier molecular flexibility index (Phi) is 3.66. The van der Waals surface area contributed by atoms with Crippen LogP contribution in [0.15, 0.2) is 12.1 Å². The van der Waals surface area contributed by atoms with Crippen LogP contribution in [-0.4, -0.2) is 29.5 Å². The van der Waals surface area contributed by atoms with Gasteiger partial charge in [0.15, 0.2) is 0 Å². The fraction of sp³-hybridized carbons (Fsp3) is 0.571. The van der Waals surface area contributed by atoms with Gasteiger partial charge in [0, 0.05) is 11.2 Å². The van der Waals surface area contributed by atoms with Gasteiger partial charge < -0.3 is 10.6 Å². The lowest BCUT2D eigenvalue weighted by Gasteiger charge is -2.35. The second kappa shape index (κ2) is 5.06. The summed E-state index contributed by atoms with van der Waals surface area (Å²) in [7, 11) is 0. The van der Waals surface area contributed by atoms with Crippen LogP contribution < -0.4 is 10.6 Å². The zero-order chi connectivity index (χ0) is 13.2. The van der Waals surface area contributed by atoms with Crippen LogP contribution in [0, 0.1) is 13.8 Å². The number of carbonyl (C=O) groups excluding carboxylic acids is 1. The molecule has 1 aromatic rings. The molecular formula is C14H21N3O. The van der Waals surface area contributed by atoms with Crippen LogP contribution in [0.5, 0.6) is 0 Å². The maximum atomic E-state index is 12.3. The highest BCUT2D eigenvalue weighted by Crippen LogP contribution is 2.18. The van der Waals surface area contributed by atoms with Crippen molar-refractivity contribution in [2.75, 3.05) is 13.1 Å². The second-order valence-corrected chi connectivity index (χ2v) is 5.38. The molecule has 98 valence electrons. The summed E-state index contributed by atoms with van der Waals surface area (Å²) < 4.78 is 0. The number of nitrogens with zero attached hydrogens (tertiary/aromatic N) is 1. The van der Waals surface area contributed by atoms with Gasteiger partial charge in [0.25, 0.3) is 5.91 Å². The van der Waals surface area contributed by atoms with Crippen LogP contribution in [0.4, 0.5) is 0 Å². The maximum absolute atomic E-state index is 12.3. The van der Waals surface area contributed by atoms with Gasteiger partial charge in [0.2, 0.25) is 0 Å². The Morgan fingerprint density at radius 1 is 1.33 bits per heavy atom. The number of carbonyl (C=O) groups is 1. The maximum Gasteiger partial charge on any atom is 0.270 e. The van der Waals surface area contributed by atoms with Gasteiger partial charge in [-0.05, 0) is 58.3 Å². The van der Waals surface area contributed by atoms with Crippen molar-refractivity contribution < 1.29 is 4.79 Å². The average molecular weight is 247 g/mol. The summed E-state index contributed by atoms with van der Waals surface area (Å²) in [5.74, 6) is -0.0550.